The van der Waals surface area contributed by atoms with E-state index in [9.17, 15) is 0 Å². The van der Waals surface area contributed by atoms with E-state index >= 15 is 0 Å². The van der Waals surface area contributed by atoms with Gasteiger partial charge in [-0.3, -0.25) is 0 Å². The highest BCUT2D eigenvalue weighted by molar-refractivity contribution is 6.32. The Labute approximate surface area is 109 Å². The zero-order chi connectivity index (χ0) is 13.0. The van der Waals surface area contributed by atoms with Crippen LogP contribution in [0.2, 0.25) is 5.02 Å². The molecule has 0 saturated carbocycles. The molecule has 1 aromatic carbocycles. The lowest BCUT2D eigenvalue weighted by Crippen LogP contribution is -2.26. The lowest BCUT2D eigenvalue weighted by molar-refractivity contribution is 0.414. The molecule has 0 fully saturated rings. The summed E-state index contributed by atoms with van der Waals surface area (Å²) in [4.78, 5) is 2.17. The van der Waals surface area contributed by atoms with Gasteiger partial charge in [0.1, 0.15) is 5.75 Å². The van der Waals surface area contributed by atoms with Crippen molar-refractivity contribution in [1.29, 1.82) is 0 Å². The summed E-state index contributed by atoms with van der Waals surface area (Å²) in [6.45, 7) is 4.99. The van der Waals surface area contributed by atoms with Gasteiger partial charge < -0.3 is 15.4 Å². The molecular formula is C13H21ClN2O. The first-order chi connectivity index (χ1) is 7.95. The molecule has 0 saturated heterocycles. The predicted octanol–water partition coefficient (Wildman–Crippen LogP) is 2.83. The number of halogens is 1. The average Bonchev–Trinajstić information content (AvgIpc) is 2.28. The number of anilines is 1. The van der Waals surface area contributed by atoms with Gasteiger partial charge in [0.2, 0.25) is 0 Å². The van der Waals surface area contributed by atoms with Crippen molar-refractivity contribution >= 4 is 17.3 Å². The standard InChI is InChI=1S/C13H21ClN2O/c1-9-7-13(17-4)11(14)8-12(9)16(3)6-5-10(2)15/h7-8,10H,5-6,15H2,1-4H3. The molecular weight excluding hydrogens is 236 g/mol. The van der Waals surface area contributed by atoms with Gasteiger partial charge in [-0.25, -0.2) is 0 Å². The van der Waals surface area contributed by atoms with E-state index in [1.165, 1.54) is 0 Å². The van der Waals surface area contributed by atoms with Gasteiger partial charge in [-0.15, -0.1) is 0 Å². The Morgan fingerprint density at radius 3 is 2.65 bits per heavy atom. The van der Waals surface area contributed by atoms with E-state index in [0.717, 1.165) is 24.2 Å². The van der Waals surface area contributed by atoms with E-state index in [1.54, 1.807) is 7.11 Å². The molecule has 1 unspecified atom stereocenters. The molecule has 17 heavy (non-hydrogen) atoms. The van der Waals surface area contributed by atoms with E-state index in [4.69, 9.17) is 22.1 Å². The zero-order valence-electron chi connectivity index (χ0n) is 11.0. The lowest BCUT2D eigenvalue weighted by atomic mass is 10.1. The number of aryl methyl sites for hydroxylation is 1. The Morgan fingerprint density at radius 1 is 1.47 bits per heavy atom. The second kappa shape index (κ2) is 6.12. The van der Waals surface area contributed by atoms with Crippen LogP contribution in [0.5, 0.6) is 5.75 Å². The number of methoxy groups -OCH3 is 1. The fraction of sp³-hybridized carbons (Fsp3) is 0.538. The highest BCUT2D eigenvalue weighted by atomic mass is 35.5. The third kappa shape index (κ3) is 3.79. The normalized spacial score (nSPS) is 12.4. The molecule has 4 heteroatoms. The van der Waals surface area contributed by atoms with Crippen molar-refractivity contribution in [3.05, 3.63) is 22.7 Å². The quantitative estimate of drug-likeness (QED) is 0.881. The minimum atomic E-state index is 0.214. The molecule has 0 aliphatic rings. The minimum Gasteiger partial charge on any atom is -0.495 e. The van der Waals surface area contributed by atoms with Crippen LogP contribution in [0.3, 0.4) is 0 Å². The molecule has 0 aliphatic carbocycles. The monoisotopic (exact) mass is 256 g/mol. The van der Waals surface area contributed by atoms with Gasteiger partial charge in [0, 0.05) is 25.3 Å². The smallest absolute Gasteiger partial charge is 0.137 e. The third-order valence-electron chi connectivity index (χ3n) is 2.80. The Hall–Kier alpha value is -0.930. The second-order valence-corrected chi connectivity index (χ2v) is 4.87. The van der Waals surface area contributed by atoms with Crippen molar-refractivity contribution in [2.45, 2.75) is 26.3 Å². The van der Waals surface area contributed by atoms with Crippen LogP contribution in [0.15, 0.2) is 12.1 Å². The molecule has 0 heterocycles. The van der Waals surface area contributed by atoms with Gasteiger partial charge in [0.15, 0.2) is 0 Å². The van der Waals surface area contributed by atoms with E-state index < -0.39 is 0 Å². The SMILES string of the molecule is COc1cc(C)c(N(C)CCC(C)N)cc1Cl. The van der Waals surface area contributed by atoms with Crippen LogP contribution in [-0.2, 0) is 0 Å². The van der Waals surface area contributed by atoms with Crippen LogP contribution in [0.25, 0.3) is 0 Å². The Morgan fingerprint density at radius 2 is 2.12 bits per heavy atom. The van der Waals surface area contributed by atoms with Gasteiger partial charge in [-0.2, -0.15) is 0 Å². The van der Waals surface area contributed by atoms with Crippen molar-refractivity contribution in [1.82, 2.24) is 0 Å². The molecule has 0 radical (unpaired) electrons. The molecule has 0 amide bonds. The summed E-state index contributed by atoms with van der Waals surface area (Å²) in [5.41, 5.74) is 8.03. The van der Waals surface area contributed by atoms with Crippen LogP contribution in [0.4, 0.5) is 5.69 Å². The van der Waals surface area contributed by atoms with Crippen LogP contribution >= 0.6 is 11.6 Å². The number of nitrogens with two attached hydrogens (primary N) is 1. The Bertz CT molecular complexity index is 380. The number of ether oxygens (including phenoxy) is 1. The Kier molecular flexibility index (Phi) is 5.09. The molecule has 0 aliphatic heterocycles. The molecule has 0 bridgehead atoms. The molecule has 0 spiro atoms. The summed E-state index contributed by atoms with van der Waals surface area (Å²) >= 11 is 6.13. The van der Waals surface area contributed by atoms with Gasteiger partial charge in [-0.05, 0) is 38.0 Å². The van der Waals surface area contributed by atoms with Crippen LogP contribution in [-0.4, -0.2) is 26.7 Å². The van der Waals surface area contributed by atoms with Crippen molar-refractivity contribution in [2.75, 3.05) is 25.6 Å². The number of rotatable bonds is 5. The van der Waals surface area contributed by atoms with Crippen LogP contribution in [0.1, 0.15) is 18.9 Å². The maximum Gasteiger partial charge on any atom is 0.137 e. The number of nitrogens with zero attached hydrogens (tertiary/aromatic N) is 1. The summed E-state index contributed by atoms with van der Waals surface area (Å²) in [6, 6.07) is 4.11. The predicted molar refractivity (Wildman–Crippen MR) is 74.3 cm³/mol. The Balaban J connectivity index is 2.86. The molecule has 2 N–H and O–H groups in total. The first-order valence-corrected chi connectivity index (χ1v) is 6.14. The third-order valence-corrected chi connectivity index (χ3v) is 3.10. The van der Waals surface area contributed by atoms with Crippen molar-refractivity contribution in [3.8, 4) is 5.75 Å². The minimum absolute atomic E-state index is 0.214. The molecule has 1 rings (SSSR count). The van der Waals surface area contributed by atoms with E-state index in [1.807, 2.05) is 26.1 Å². The van der Waals surface area contributed by atoms with Gasteiger partial charge in [0.05, 0.1) is 12.1 Å². The number of hydrogen-bond donors (Lipinski definition) is 1. The first kappa shape index (κ1) is 14.1. The van der Waals surface area contributed by atoms with Crippen molar-refractivity contribution in [3.63, 3.8) is 0 Å². The molecule has 1 atom stereocenters. The van der Waals surface area contributed by atoms with Crippen molar-refractivity contribution < 1.29 is 4.74 Å². The van der Waals surface area contributed by atoms with Gasteiger partial charge in [0.25, 0.3) is 0 Å². The van der Waals surface area contributed by atoms with E-state index in [0.29, 0.717) is 10.8 Å². The molecule has 3 nitrogen and oxygen atoms in total. The van der Waals surface area contributed by atoms with E-state index in [-0.39, 0.29) is 6.04 Å². The van der Waals surface area contributed by atoms with E-state index in [2.05, 4.69) is 11.8 Å². The molecule has 96 valence electrons. The number of benzene rings is 1. The van der Waals surface area contributed by atoms with Gasteiger partial charge >= 0.3 is 0 Å². The highest BCUT2D eigenvalue weighted by Gasteiger charge is 2.10. The van der Waals surface area contributed by atoms with Crippen LogP contribution < -0.4 is 15.4 Å². The van der Waals surface area contributed by atoms with Gasteiger partial charge in [-0.1, -0.05) is 11.6 Å². The highest BCUT2D eigenvalue weighted by Crippen LogP contribution is 2.32. The summed E-state index contributed by atoms with van der Waals surface area (Å²) in [5, 5.41) is 0.640. The number of hydrogen-bond acceptors (Lipinski definition) is 3. The fourth-order valence-electron chi connectivity index (χ4n) is 1.73. The fourth-order valence-corrected chi connectivity index (χ4v) is 1.96. The summed E-state index contributed by atoms with van der Waals surface area (Å²) in [6.07, 6.45) is 0.958. The first-order valence-electron chi connectivity index (χ1n) is 5.76. The summed E-state index contributed by atoms with van der Waals surface area (Å²) in [7, 11) is 3.67. The topological polar surface area (TPSA) is 38.5 Å². The summed E-state index contributed by atoms with van der Waals surface area (Å²) in [5.74, 6) is 0.716. The lowest BCUT2D eigenvalue weighted by Gasteiger charge is -2.23. The van der Waals surface area contributed by atoms with Crippen molar-refractivity contribution in [2.24, 2.45) is 5.73 Å². The maximum atomic E-state index is 6.13. The maximum absolute atomic E-state index is 6.13. The second-order valence-electron chi connectivity index (χ2n) is 4.46. The average molecular weight is 257 g/mol. The van der Waals surface area contributed by atoms with Crippen LogP contribution in [0, 0.1) is 6.92 Å². The summed E-state index contributed by atoms with van der Waals surface area (Å²) < 4.78 is 5.19. The zero-order valence-corrected chi connectivity index (χ0v) is 11.7. The molecule has 0 aromatic heterocycles. The largest absolute Gasteiger partial charge is 0.495 e. The molecule has 1 aromatic rings.